The Bertz CT molecular complexity index is 1020. The van der Waals surface area contributed by atoms with Crippen LogP contribution in [0, 0.1) is 0 Å². The molecule has 1 heterocycles. The van der Waals surface area contributed by atoms with Gasteiger partial charge in [0, 0.05) is 12.6 Å². The smallest absolute Gasteiger partial charge is 0.337 e. The van der Waals surface area contributed by atoms with Gasteiger partial charge >= 0.3 is 5.97 Å². The predicted octanol–water partition coefficient (Wildman–Crippen LogP) is 1.93. The number of aromatic carboxylic acids is 1. The Morgan fingerprint density at radius 1 is 1.17 bits per heavy atom. The van der Waals surface area contributed by atoms with E-state index < -0.39 is 12.0 Å². The number of hydrogen-bond donors (Lipinski definition) is 3. The molecular formula is C20H20N4O5. The molecule has 150 valence electrons. The second kappa shape index (κ2) is 8.53. The summed E-state index contributed by atoms with van der Waals surface area (Å²) in [6.45, 7) is 0. The summed E-state index contributed by atoms with van der Waals surface area (Å²) in [5.41, 5.74) is 0.990. The van der Waals surface area contributed by atoms with Crippen molar-refractivity contribution < 1.29 is 24.3 Å². The first-order chi connectivity index (χ1) is 13.9. The van der Waals surface area contributed by atoms with E-state index in [-0.39, 0.29) is 29.5 Å². The van der Waals surface area contributed by atoms with Crippen molar-refractivity contribution in [1.29, 1.82) is 0 Å². The van der Waals surface area contributed by atoms with E-state index >= 15 is 0 Å². The topological polar surface area (TPSA) is 129 Å². The fourth-order valence-electron chi connectivity index (χ4n) is 2.85. The average molecular weight is 396 g/mol. The summed E-state index contributed by atoms with van der Waals surface area (Å²) in [6, 6.07) is 11.9. The average Bonchev–Trinajstić information content (AvgIpc) is 3.20. The lowest BCUT2D eigenvalue weighted by atomic mass is 10.1. The number of phenols is 1. The minimum absolute atomic E-state index is 0.0330. The highest BCUT2D eigenvalue weighted by molar-refractivity contribution is 6.03. The molecule has 0 aliphatic rings. The summed E-state index contributed by atoms with van der Waals surface area (Å²) in [7, 11) is 3.14. The molecule has 0 aliphatic carbocycles. The Hall–Kier alpha value is -3.72. The predicted molar refractivity (Wildman–Crippen MR) is 105 cm³/mol. The molecule has 1 aromatic heterocycles. The monoisotopic (exact) mass is 396 g/mol. The third-order valence-electron chi connectivity index (χ3n) is 4.45. The van der Waals surface area contributed by atoms with Gasteiger partial charge in [0.15, 0.2) is 0 Å². The van der Waals surface area contributed by atoms with E-state index in [1.807, 2.05) is 0 Å². The summed E-state index contributed by atoms with van der Waals surface area (Å²) in [4.78, 5) is 29.9. The van der Waals surface area contributed by atoms with Crippen LogP contribution in [-0.2, 0) is 11.2 Å². The van der Waals surface area contributed by atoms with Gasteiger partial charge in [-0.3, -0.25) is 4.79 Å². The molecular weight excluding hydrogens is 376 g/mol. The largest absolute Gasteiger partial charge is 0.508 e. The number of anilines is 1. The lowest BCUT2D eigenvalue weighted by Gasteiger charge is -2.24. The molecule has 29 heavy (non-hydrogen) atoms. The number of aromatic hydroxyl groups is 1. The number of benzene rings is 2. The van der Waals surface area contributed by atoms with Crippen molar-refractivity contribution in [2.75, 3.05) is 19.0 Å². The molecule has 0 saturated heterocycles. The van der Waals surface area contributed by atoms with E-state index in [0.717, 1.165) is 0 Å². The summed E-state index contributed by atoms with van der Waals surface area (Å²) in [6.07, 6.45) is 0.125. The Morgan fingerprint density at radius 3 is 2.52 bits per heavy atom. The molecule has 9 nitrogen and oxygen atoms in total. The SMILES string of the molecule is CNC(Cc1nc(-c2ccc(O)cc2)no1)C(=O)N(C)c1ccccc1C(=O)O. The first kappa shape index (κ1) is 20.0. The van der Waals surface area contributed by atoms with Crippen molar-refractivity contribution in [3.8, 4) is 17.1 Å². The van der Waals surface area contributed by atoms with Crippen molar-refractivity contribution in [3.63, 3.8) is 0 Å². The number of carbonyl (C=O) groups excluding carboxylic acids is 1. The fraction of sp³-hybridized carbons (Fsp3) is 0.200. The van der Waals surface area contributed by atoms with Crippen LogP contribution in [0.5, 0.6) is 5.75 Å². The maximum absolute atomic E-state index is 12.9. The zero-order chi connectivity index (χ0) is 21.0. The second-order valence-electron chi connectivity index (χ2n) is 6.32. The minimum atomic E-state index is -1.11. The van der Waals surface area contributed by atoms with Crippen LogP contribution >= 0.6 is 0 Å². The third kappa shape index (κ3) is 4.41. The van der Waals surface area contributed by atoms with Crippen LogP contribution in [-0.4, -0.2) is 52.4 Å². The van der Waals surface area contributed by atoms with Gasteiger partial charge in [-0.25, -0.2) is 4.79 Å². The van der Waals surface area contributed by atoms with Crippen molar-refractivity contribution in [3.05, 3.63) is 60.0 Å². The molecule has 1 atom stereocenters. The number of aromatic nitrogens is 2. The molecule has 3 N–H and O–H groups in total. The first-order valence-corrected chi connectivity index (χ1v) is 8.80. The summed E-state index contributed by atoms with van der Waals surface area (Å²) >= 11 is 0. The van der Waals surface area contributed by atoms with Gasteiger partial charge in [0.05, 0.1) is 23.7 Å². The molecule has 0 bridgehead atoms. The quantitative estimate of drug-likeness (QED) is 0.553. The third-order valence-corrected chi connectivity index (χ3v) is 4.45. The van der Waals surface area contributed by atoms with E-state index in [0.29, 0.717) is 17.1 Å². The van der Waals surface area contributed by atoms with E-state index in [9.17, 15) is 19.8 Å². The molecule has 0 spiro atoms. The lowest BCUT2D eigenvalue weighted by Crippen LogP contribution is -2.45. The van der Waals surface area contributed by atoms with Gasteiger partial charge in [-0.05, 0) is 43.4 Å². The number of amides is 1. The standard InChI is InChI=1S/C20H20N4O5/c1-21-15(19(26)24(2)16-6-4-3-5-14(16)20(27)28)11-17-22-18(23-29-17)12-7-9-13(25)10-8-12/h3-10,15,21,25H,11H2,1-2H3,(H,27,28). The highest BCUT2D eigenvalue weighted by atomic mass is 16.5. The number of carboxylic acids is 1. The van der Waals surface area contributed by atoms with Gasteiger partial charge in [0.2, 0.25) is 17.6 Å². The number of rotatable bonds is 7. The van der Waals surface area contributed by atoms with Crippen molar-refractivity contribution in [2.24, 2.45) is 0 Å². The Morgan fingerprint density at radius 2 is 1.86 bits per heavy atom. The van der Waals surface area contributed by atoms with Gasteiger partial charge in [0.25, 0.3) is 0 Å². The number of carboxylic acid groups (broad SMARTS) is 1. The van der Waals surface area contributed by atoms with Crippen LogP contribution in [0.4, 0.5) is 5.69 Å². The van der Waals surface area contributed by atoms with Crippen molar-refractivity contribution in [1.82, 2.24) is 15.5 Å². The molecule has 2 aromatic carbocycles. The van der Waals surface area contributed by atoms with Gasteiger partial charge < -0.3 is 25.0 Å². The maximum Gasteiger partial charge on any atom is 0.337 e. The molecule has 3 aromatic rings. The highest BCUT2D eigenvalue weighted by Crippen LogP contribution is 2.22. The second-order valence-corrected chi connectivity index (χ2v) is 6.32. The van der Waals surface area contributed by atoms with Crippen LogP contribution in [0.2, 0.25) is 0 Å². The van der Waals surface area contributed by atoms with E-state index in [2.05, 4.69) is 15.5 Å². The summed E-state index contributed by atoms with van der Waals surface area (Å²) in [5.74, 6) is -0.738. The minimum Gasteiger partial charge on any atom is -0.508 e. The summed E-state index contributed by atoms with van der Waals surface area (Å²) in [5, 5.41) is 25.5. The van der Waals surface area contributed by atoms with E-state index in [4.69, 9.17) is 4.52 Å². The number of para-hydroxylation sites is 1. The Balaban J connectivity index is 1.77. The molecule has 9 heteroatoms. The first-order valence-electron chi connectivity index (χ1n) is 8.80. The number of nitrogens with zero attached hydrogens (tertiary/aromatic N) is 3. The van der Waals surface area contributed by atoms with Crippen LogP contribution in [0.25, 0.3) is 11.4 Å². The molecule has 0 saturated carbocycles. The van der Waals surface area contributed by atoms with E-state index in [1.165, 1.54) is 30.1 Å². The van der Waals surface area contributed by atoms with Crippen LogP contribution in [0.3, 0.4) is 0 Å². The number of hydrogen-bond acceptors (Lipinski definition) is 7. The Labute approximate surface area is 166 Å². The fourth-order valence-corrected chi connectivity index (χ4v) is 2.85. The van der Waals surface area contributed by atoms with Crippen LogP contribution < -0.4 is 10.2 Å². The Kier molecular flexibility index (Phi) is 5.89. The van der Waals surface area contributed by atoms with Crippen molar-refractivity contribution in [2.45, 2.75) is 12.5 Å². The molecule has 0 fully saturated rings. The van der Waals surface area contributed by atoms with Crippen LogP contribution in [0.1, 0.15) is 16.2 Å². The van der Waals surface area contributed by atoms with Gasteiger partial charge in [-0.1, -0.05) is 17.3 Å². The molecule has 0 aliphatic heterocycles. The number of phenolic OH excluding ortho intramolecular Hbond substituents is 1. The molecule has 0 radical (unpaired) electrons. The number of carbonyl (C=O) groups is 2. The van der Waals surface area contributed by atoms with Gasteiger partial charge in [0.1, 0.15) is 5.75 Å². The molecule has 1 unspecified atom stereocenters. The maximum atomic E-state index is 12.9. The number of likely N-dealkylation sites (N-methyl/N-ethyl adjacent to an activating group) is 2. The zero-order valence-electron chi connectivity index (χ0n) is 15.9. The lowest BCUT2D eigenvalue weighted by molar-refractivity contribution is -0.120. The van der Waals surface area contributed by atoms with Crippen LogP contribution in [0.15, 0.2) is 53.1 Å². The number of nitrogens with one attached hydrogen (secondary N) is 1. The van der Waals surface area contributed by atoms with Gasteiger partial charge in [-0.15, -0.1) is 0 Å². The summed E-state index contributed by atoms with van der Waals surface area (Å²) < 4.78 is 5.25. The van der Waals surface area contributed by atoms with E-state index in [1.54, 1.807) is 37.4 Å². The highest BCUT2D eigenvalue weighted by Gasteiger charge is 2.26. The molecule has 1 amide bonds. The van der Waals surface area contributed by atoms with Crippen molar-refractivity contribution >= 4 is 17.6 Å². The normalized spacial score (nSPS) is 11.8. The molecule has 3 rings (SSSR count). The van der Waals surface area contributed by atoms with Gasteiger partial charge in [-0.2, -0.15) is 4.98 Å². The zero-order valence-corrected chi connectivity index (χ0v) is 15.9.